The number of benzene rings is 3. The Hall–Kier alpha value is -4.15. The van der Waals surface area contributed by atoms with Crippen molar-refractivity contribution in [3.63, 3.8) is 0 Å². The number of ether oxygens (including phenoxy) is 1. The number of aliphatic hydroxyl groups is 1. The van der Waals surface area contributed by atoms with Gasteiger partial charge in [-0.1, -0.05) is 30.3 Å². The first-order valence-electron chi connectivity index (χ1n) is 10.2. The van der Waals surface area contributed by atoms with Crippen LogP contribution in [0.3, 0.4) is 0 Å². The molecule has 1 atom stereocenters. The maximum atomic E-state index is 15.3. The SMILES string of the molecule is COc1cccc(N2C(=O)c3ccccc3C2(O)c2ccc3nc(N(C)C(=O)O)[nH]c3c2)c1F.Cl. The number of imidazole rings is 1. The fourth-order valence-electron chi connectivity index (χ4n) is 4.22. The van der Waals surface area contributed by atoms with Gasteiger partial charge in [-0.25, -0.2) is 14.2 Å². The van der Waals surface area contributed by atoms with Crippen LogP contribution in [0.25, 0.3) is 11.0 Å². The maximum Gasteiger partial charge on any atom is 0.413 e. The van der Waals surface area contributed by atoms with Crippen molar-refractivity contribution in [2.24, 2.45) is 0 Å². The number of carbonyl (C=O) groups excluding carboxylic acids is 1. The van der Waals surface area contributed by atoms with Crippen LogP contribution < -0.4 is 14.5 Å². The molecule has 0 fully saturated rings. The molecule has 0 spiro atoms. The van der Waals surface area contributed by atoms with E-state index in [0.717, 1.165) is 9.80 Å². The van der Waals surface area contributed by atoms with E-state index < -0.39 is 23.5 Å². The first kappa shape index (κ1) is 24.0. The third-order valence-corrected chi connectivity index (χ3v) is 5.94. The van der Waals surface area contributed by atoms with Gasteiger partial charge in [0.05, 0.1) is 23.8 Å². The van der Waals surface area contributed by atoms with Gasteiger partial charge in [-0.3, -0.25) is 14.6 Å². The summed E-state index contributed by atoms with van der Waals surface area (Å²) in [6.07, 6.45) is -1.20. The quantitative estimate of drug-likeness (QED) is 0.390. The Bertz CT molecular complexity index is 1480. The van der Waals surface area contributed by atoms with Gasteiger partial charge in [-0.05, 0) is 30.3 Å². The van der Waals surface area contributed by atoms with Crippen molar-refractivity contribution in [2.45, 2.75) is 5.72 Å². The number of methoxy groups -OCH3 is 1. The highest BCUT2D eigenvalue weighted by atomic mass is 35.5. The van der Waals surface area contributed by atoms with Gasteiger partial charge in [0.2, 0.25) is 5.95 Å². The lowest BCUT2D eigenvalue weighted by atomic mass is 9.93. The molecule has 0 saturated carbocycles. The Balaban J connectivity index is 0.00000289. The minimum atomic E-state index is -2.06. The molecule has 1 unspecified atom stereocenters. The number of H-pyrrole nitrogens is 1. The fourth-order valence-corrected chi connectivity index (χ4v) is 4.22. The van der Waals surface area contributed by atoms with Crippen molar-refractivity contribution < 1.29 is 28.9 Å². The number of nitrogens with one attached hydrogen (secondary N) is 1. The molecule has 35 heavy (non-hydrogen) atoms. The summed E-state index contributed by atoms with van der Waals surface area (Å²) in [7, 11) is 2.65. The van der Waals surface area contributed by atoms with Crippen LogP contribution in [0.5, 0.6) is 5.75 Å². The Morgan fingerprint density at radius 2 is 1.91 bits per heavy atom. The van der Waals surface area contributed by atoms with Crippen molar-refractivity contribution in [1.29, 1.82) is 0 Å². The van der Waals surface area contributed by atoms with Crippen LogP contribution in [-0.4, -0.2) is 46.3 Å². The monoisotopic (exact) mass is 498 g/mol. The number of hydrogen-bond donors (Lipinski definition) is 3. The molecule has 0 saturated heterocycles. The smallest absolute Gasteiger partial charge is 0.413 e. The molecule has 2 amide bonds. The molecule has 3 N–H and O–H groups in total. The molecular formula is C24H20ClFN4O5. The number of carbonyl (C=O) groups is 2. The second-order valence-corrected chi connectivity index (χ2v) is 7.79. The molecule has 0 bridgehead atoms. The van der Waals surface area contributed by atoms with E-state index in [9.17, 15) is 19.8 Å². The summed E-state index contributed by atoms with van der Waals surface area (Å²) in [4.78, 5) is 33.8. The van der Waals surface area contributed by atoms with Crippen molar-refractivity contribution in [3.8, 4) is 5.75 Å². The zero-order chi connectivity index (χ0) is 24.2. The Morgan fingerprint density at radius 1 is 1.17 bits per heavy atom. The van der Waals surface area contributed by atoms with Gasteiger partial charge in [0.15, 0.2) is 17.3 Å². The second-order valence-electron chi connectivity index (χ2n) is 7.79. The first-order chi connectivity index (χ1) is 16.3. The summed E-state index contributed by atoms with van der Waals surface area (Å²) >= 11 is 0. The molecule has 1 aromatic heterocycles. The van der Waals surface area contributed by atoms with Crippen molar-refractivity contribution in [2.75, 3.05) is 24.0 Å². The molecule has 3 aromatic carbocycles. The molecule has 0 aliphatic carbocycles. The van der Waals surface area contributed by atoms with Gasteiger partial charge in [-0.2, -0.15) is 0 Å². The zero-order valence-corrected chi connectivity index (χ0v) is 19.3. The molecule has 180 valence electrons. The summed E-state index contributed by atoms with van der Waals surface area (Å²) < 4.78 is 20.4. The minimum Gasteiger partial charge on any atom is -0.494 e. The number of nitrogens with zero attached hydrogens (tertiary/aromatic N) is 3. The van der Waals surface area contributed by atoms with E-state index in [1.54, 1.807) is 42.5 Å². The molecule has 1 aliphatic rings. The van der Waals surface area contributed by atoms with Crippen LogP contribution in [0.4, 0.5) is 20.8 Å². The third-order valence-electron chi connectivity index (χ3n) is 5.94. The number of rotatable bonds is 4. The molecule has 0 radical (unpaired) electrons. The summed E-state index contributed by atoms with van der Waals surface area (Å²) in [5.41, 5.74) is -0.567. The van der Waals surface area contributed by atoms with Crippen LogP contribution in [0.1, 0.15) is 21.5 Å². The summed E-state index contributed by atoms with van der Waals surface area (Å²) in [5.74, 6) is -1.36. The highest BCUT2D eigenvalue weighted by Crippen LogP contribution is 2.46. The average Bonchev–Trinajstić information content (AvgIpc) is 3.36. The number of halogens is 2. The van der Waals surface area contributed by atoms with E-state index in [-0.39, 0.29) is 46.5 Å². The first-order valence-corrected chi connectivity index (χ1v) is 10.2. The van der Waals surface area contributed by atoms with Gasteiger partial charge in [0, 0.05) is 23.7 Å². The third kappa shape index (κ3) is 3.46. The van der Waals surface area contributed by atoms with Crippen molar-refractivity contribution in [3.05, 3.63) is 83.2 Å². The summed E-state index contributed by atoms with van der Waals surface area (Å²) in [5, 5.41) is 21.3. The topological polar surface area (TPSA) is 119 Å². The Kier molecular flexibility index (Phi) is 5.87. The molecule has 1 aliphatic heterocycles. The number of hydrogen-bond acceptors (Lipinski definition) is 5. The highest BCUT2D eigenvalue weighted by molar-refractivity contribution is 6.12. The van der Waals surface area contributed by atoms with Gasteiger partial charge in [-0.15, -0.1) is 12.4 Å². The molecule has 5 rings (SSSR count). The summed E-state index contributed by atoms with van der Waals surface area (Å²) in [6.45, 7) is 0. The van der Waals surface area contributed by atoms with E-state index >= 15 is 4.39 Å². The van der Waals surface area contributed by atoms with Crippen LogP contribution >= 0.6 is 12.4 Å². The van der Waals surface area contributed by atoms with Crippen LogP contribution in [0.15, 0.2) is 60.7 Å². The molecule has 11 heteroatoms. The standard InChI is InChI=1S/C24H19FN4O5.ClH/c1-28(23(31)32)22-26-16-11-10-13(12-17(16)27-22)24(33)15-7-4-3-6-14(15)21(30)29(24)18-8-5-9-19(34-2)20(18)25;/h3-12,33H,1-2H3,(H,26,27)(H,31,32);1H. The van der Waals surface area contributed by atoms with E-state index in [0.29, 0.717) is 11.0 Å². The van der Waals surface area contributed by atoms with Crippen LogP contribution in [-0.2, 0) is 5.72 Å². The average molecular weight is 499 g/mol. The van der Waals surface area contributed by atoms with Crippen LogP contribution in [0, 0.1) is 5.82 Å². The lowest BCUT2D eigenvalue weighted by molar-refractivity contribution is 0.0698. The number of aromatic nitrogens is 2. The number of aromatic amines is 1. The molecule has 2 heterocycles. The second kappa shape index (κ2) is 8.57. The van der Waals surface area contributed by atoms with Crippen molar-refractivity contribution in [1.82, 2.24) is 9.97 Å². The number of anilines is 2. The normalized spacial score (nSPS) is 16.7. The van der Waals surface area contributed by atoms with E-state index in [2.05, 4.69) is 9.97 Å². The minimum absolute atomic E-state index is 0. The number of fused-ring (bicyclic) bond motifs is 2. The predicted octanol–water partition coefficient (Wildman–Crippen LogP) is 4.10. The van der Waals surface area contributed by atoms with E-state index in [4.69, 9.17) is 4.74 Å². The fraction of sp³-hybridized carbons (Fsp3) is 0.125. The van der Waals surface area contributed by atoms with Gasteiger partial charge in [0.25, 0.3) is 5.91 Å². The van der Waals surface area contributed by atoms with Gasteiger partial charge in [0.1, 0.15) is 0 Å². The lowest BCUT2D eigenvalue weighted by Gasteiger charge is -2.35. The lowest BCUT2D eigenvalue weighted by Crippen LogP contribution is -2.45. The molecular weight excluding hydrogens is 479 g/mol. The highest BCUT2D eigenvalue weighted by Gasteiger charge is 2.51. The Morgan fingerprint density at radius 3 is 2.63 bits per heavy atom. The number of amides is 2. The zero-order valence-electron chi connectivity index (χ0n) is 18.5. The molecule has 4 aromatic rings. The predicted molar refractivity (Wildman–Crippen MR) is 129 cm³/mol. The number of carboxylic acid groups (broad SMARTS) is 1. The summed E-state index contributed by atoms with van der Waals surface area (Å²) in [6, 6.07) is 15.6. The maximum absolute atomic E-state index is 15.3. The van der Waals surface area contributed by atoms with E-state index in [1.165, 1.54) is 32.4 Å². The van der Waals surface area contributed by atoms with Gasteiger partial charge >= 0.3 is 6.09 Å². The largest absolute Gasteiger partial charge is 0.494 e. The van der Waals surface area contributed by atoms with Crippen molar-refractivity contribution >= 4 is 47.1 Å². The van der Waals surface area contributed by atoms with Gasteiger partial charge < -0.3 is 19.9 Å². The Labute approximate surface area is 204 Å². The molecule has 9 nitrogen and oxygen atoms in total. The van der Waals surface area contributed by atoms with Crippen LogP contribution in [0.2, 0.25) is 0 Å². The van der Waals surface area contributed by atoms with E-state index in [1.807, 2.05) is 0 Å².